The highest BCUT2D eigenvalue weighted by Crippen LogP contribution is 2.09. The quantitative estimate of drug-likeness (QED) is 0.185. The Kier molecular flexibility index (Phi) is 19.9. The van der Waals surface area contributed by atoms with Gasteiger partial charge in [0.2, 0.25) is 0 Å². The summed E-state index contributed by atoms with van der Waals surface area (Å²) in [5, 5.41) is 10.0. The van der Waals surface area contributed by atoms with Gasteiger partial charge in [0.15, 0.2) is 0 Å². The molecule has 0 spiro atoms. The maximum absolute atomic E-state index is 11.2. The van der Waals surface area contributed by atoms with Crippen LogP contribution in [0.1, 0.15) is 117 Å². The van der Waals surface area contributed by atoms with Crippen LogP contribution in [-0.2, 0) is 4.84 Å². The lowest BCUT2D eigenvalue weighted by Crippen LogP contribution is -2.42. The molecule has 0 aromatic heterocycles. The van der Waals surface area contributed by atoms with Gasteiger partial charge in [-0.25, -0.2) is 10.2 Å². The molecule has 0 aromatic rings. The smallest absolute Gasteiger partial charge is 0.447 e. The Bertz CT molecular complexity index is 279. The third-order valence-corrected chi connectivity index (χ3v) is 4.68. The summed E-state index contributed by atoms with van der Waals surface area (Å²) in [6.07, 6.45) is 18.7. The monoisotopic (exact) mass is 372 g/mol. The first kappa shape index (κ1) is 25.2. The van der Waals surface area contributed by atoms with Crippen molar-refractivity contribution in [3.63, 3.8) is 0 Å². The van der Waals surface area contributed by atoms with E-state index < -0.39 is 6.09 Å². The SMILES string of the molecule is CCCCCCCCCCNN(OCCCCCCCCCC)C(=O)O. The Morgan fingerprint density at radius 1 is 0.731 bits per heavy atom. The Morgan fingerprint density at radius 3 is 1.62 bits per heavy atom. The summed E-state index contributed by atoms with van der Waals surface area (Å²) in [7, 11) is 0. The number of amides is 1. The molecule has 0 saturated heterocycles. The fourth-order valence-electron chi connectivity index (χ4n) is 3.00. The topological polar surface area (TPSA) is 61.8 Å². The van der Waals surface area contributed by atoms with Crippen molar-refractivity contribution >= 4 is 6.09 Å². The number of nitrogens with one attached hydrogen (secondary N) is 1. The van der Waals surface area contributed by atoms with Crippen molar-refractivity contribution in [3.8, 4) is 0 Å². The van der Waals surface area contributed by atoms with Crippen LogP contribution in [0.25, 0.3) is 0 Å². The normalized spacial score (nSPS) is 11.0. The van der Waals surface area contributed by atoms with E-state index in [9.17, 15) is 4.79 Å². The summed E-state index contributed by atoms with van der Waals surface area (Å²) in [6.45, 7) is 5.58. The van der Waals surface area contributed by atoms with Crippen molar-refractivity contribution in [1.29, 1.82) is 0 Å². The number of hydrogen-bond donors (Lipinski definition) is 2. The van der Waals surface area contributed by atoms with Gasteiger partial charge in [0, 0.05) is 6.54 Å². The van der Waals surface area contributed by atoms with Crippen molar-refractivity contribution in [2.75, 3.05) is 13.2 Å². The highest BCUT2D eigenvalue weighted by Gasteiger charge is 2.11. The zero-order valence-electron chi connectivity index (χ0n) is 17.4. The standard InChI is InChI=1S/C21H44N2O3/c1-3-5-7-9-11-13-15-17-19-22-23(21(24)25)26-20-18-16-14-12-10-8-6-4-2/h22H,3-20H2,1-2H3,(H,24,25). The molecule has 2 N–H and O–H groups in total. The molecule has 0 aliphatic carbocycles. The van der Waals surface area contributed by atoms with E-state index in [0.29, 0.717) is 13.2 Å². The summed E-state index contributed by atoms with van der Waals surface area (Å²) in [4.78, 5) is 16.5. The number of unbranched alkanes of at least 4 members (excludes halogenated alkanes) is 14. The van der Waals surface area contributed by atoms with Gasteiger partial charge < -0.3 is 5.11 Å². The summed E-state index contributed by atoms with van der Waals surface area (Å²) in [5.41, 5.74) is 2.87. The molecule has 156 valence electrons. The fraction of sp³-hybridized carbons (Fsp3) is 0.952. The summed E-state index contributed by atoms with van der Waals surface area (Å²) >= 11 is 0. The third kappa shape index (κ3) is 18.0. The van der Waals surface area contributed by atoms with Crippen LogP contribution in [0.15, 0.2) is 0 Å². The molecule has 0 rings (SSSR count). The highest BCUT2D eigenvalue weighted by molar-refractivity contribution is 5.62. The number of hydrogen-bond acceptors (Lipinski definition) is 3. The van der Waals surface area contributed by atoms with Crippen LogP contribution in [-0.4, -0.2) is 29.5 Å². The van der Waals surface area contributed by atoms with Gasteiger partial charge in [0.1, 0.15) is 0 Å². The number of hydrazine groups is 1. The molecule has 1 amide bonds. The minimum absolute atomic E-state index is 0.464. The average Bonchev–Trinajstić information content (AvgIpc) is 2.63. The van der Waals surface area contributed by atoms with Crippen molar-refractivity contribution in [2.45, 2.75) is 117 Å². The predicted octanol–water partition coefficient (Wildman–Crippen LogP) is 6.68. The lowest BCUT2D eigenvalue weighted by molar-refractivity contribution is -0.165. The van der Waals surface area contributed by atoms with E-state index in [4.69, 9.17) is 9.94 Å². The number of rotatable bonds is 20. The summed E-state index contributed by atoms with van der Waals surface area (Å²) < 4.78 is 0. The van der Waals surface area contributed by atoms with Crippen molar-refractivity contribution in [1.82, 2.24) is 10.6 Å². The molecule has 0 bridgehead atoms. The second-order valence-corrected chi connectivity index (χ2v) is 7.27. The van der Waals surface area contributed by atoms with Crippen LogP contribution in [0.2, 0.25) is 0 Å². The van der Waals surface area contributed by atoms with Gasteiger partial charge in [-0.05, 0) is 12.8 Å². The molecule has 0 fully saturated rings. The lowest BCUT2D eigenvalue weighted by atomic mass is 10.1. The van der Waals surface area contributed by atoms with Gasteiger partial charge >= 0.3 is 6.09 Å². The molecule has 0 atom stereocenters. The number of carboxylic acid groups (broad SMARTS) is 1. The van der Waals surface area contributed by atoms with Crippen LogP contribution in [0.5, 0.6) is 0 Å². The maximum Gasteiger partial charge on any atom is 0.447 e. The Hall–Kier alpha value is -0.810. The van der Waals surface area contributed by atoms with E-state index in [1.807, 2.05) is 0 Å². The van der Waals surface area contributed by atoms with E-state index in [0.717, 1.165) is 30.9 Å². The largest absolute Gasteiger partial charge is 0.462 e. The molecule has 0 heterocycles. The van der Waals surface area contributed by atoms with Crippen LogP contribution in [0.4, 0.5) is 4.79 Å². The van der Waals surface area contributed by atoms with Gasteiger partial charge in [0.05, 0.1) is 6.61 Å². The Balaban J connectivity index is 3.47. The van der Waals surface area contributed by atoms with Gasteiger partial charge in [-0.1, -0.05) is 104 Å². The van der Waals surface area contributed by atoms with E-state index >= 15 is 0 Å². The number of carbonyl (C=O) groups is 1. The second kappa shape index (κ2) is 20.5. The first-order valence-corrected chi connectivity index (χ1v) is 11.1. The van der Waals surface area contributed by atoms with E-state index in [-0.39, 0.29) is 0 Å². The minimum Gasteiger partial charge on any atom is -0.462 e. The molecular weight excluding hydrogens is 328 g/mol. The predicted molar refractivity (Wildman–Crippen MR) is 109 cm³/mol. The summed E-state index contributed by atoms with van der Waals surface area (Å²) in [5.74, 6) is 0. The molecule has 26 heavy (non-hydrogen) atoms. The zero-order valence-corrected chi connectivity index (χ0v) is 17.4. The van der Waals surface area contributed by atoms with E-state index in [1.165, 1.54) is 77.0 Å². The molecule has 0 radical (unpaired) electrons. The maximum atomic E-state index is 11.2. The van der Waals surface area contributed by atoms with E-state index in [1.54, 1.807) is 0 Å². The van der Waals surface area contributed by atoms with Crippen LogP contribution < -0.4 is 5.43 Å². The van der Waals surface area contributed by atoms with Gasteiger partial charge in [-0.2, -0.15) is 0 Å². The molecule has 5 nitrogen and oxygen atoms in total. The number of nitrogens with zero attached hydrogens (tertiary/aromatic N) is 1. The molecule has 0 unspecified atom stereocenters. The molecule has 5 heteroatoms. The van der Waals surface area contributed by atoms with Crippen LogP contribution in [0, 0.1) is 0 Å². The average molecular weight is 373 g/mol. The summed E-state index contributed by atoms with van der Waals surface area (Å²) in [6, 6.07) is 0. The van der Waals surface area contributed by atoms with Crippen LogP contribution >= 0.6 is 0 Å². The molecule has 0 aliphatic rings. The Labute approximate surface area is 161 Å². The van der Waals surface area contributed by atoms with E-state index in [2.05, 4.69) is 19.3 Å². The van der Waals surface area contributed by atoms with Crippen LogP contribution in [0.3, 0.4) is 0 Å². The molecule has 0 aliphatic heterocycles. The fourth-order valence-corrected chi connectivity index (χ4v) is 3.00. The van der Waals surface area contributed by atoms with Gasteiger partial charge in [-0.15, -0.1) is 5.17 Å². The molecule has 0 aromatic carbocycles. The third-order valence-electron chi connectivity index (χ3n) is 4.68. The molecular formula is C21H44N2O3. The lowest BCUT2D eigenvalue weighted by Gasteiger charge is -2.19. The highest BCUT2D eigenvalue weighted by atomic mass is 16.7. The first-order valence-electron chi connectivity index (χ1n) is 11.1. The van der Waals surface area contributed by atoms with Crippen molar-refractivity contribution < 1.29 is 14.7 Å². The van der Waals surface area contributed by atoms with Crippen molar-refractivity contribution in [3.05, 3.63) is 0 Å². The molecule has 0 saturated carbocycles. The first-order chi connectivity index (χ1) is 12.7. The van der Waals surface area contributed by atoms with Crippen molar-refractivity contribution in [2.24, 2.45) is 0 Å². The van der Waals surface area contributed by atoms with Gasteiger partial charge in [-0.3, -0.25) is 4.84 Å². The van der Waals surface area contributed by atoms with Gasteiger partial charge in [0.25, 0.3) is 0 Å². The Morgan fingerprint density at radius 2 is 1.15 bits per heavy atom. The minimum atomic E-state index is -1.07. The number of hydroxylamine groups is 1. The second-order valence-electron chi connectivity index (χ2n) is 7.27. The zero-order chi connectivity index (χ0) is 19.3.